The average molecular weight is 252 g/mol. The van der Waals surface area contributed by atoms with E-state index in [4.69, 9.17) is 4.84 Å². The maximum absolute atomic E-state index is 5.09. The molecule has 0 amide bonds. The summed E-state index contributed by atoms with van der Waals surface area (Å²) in [5.74, 6) is 0.880. The van der Waals surface area contributed by atoms with E-state index in [1.807, 2.05) is 30.3 Å². The maximum atomic E-state index is 5.09. The Kier molecular flexibility index (Phi) is 2.82. The van der Waals surface area contributed by atoms with Gasteiger partial charge in [0.05, 0.1) is 0 Å². The van der Waals surface area contributed by atoms with Gasteiger partial charge in [0.2, 0.25) is 0 Å². The van der Waals surface area contributed by atoms with E-state index in [2.05, 4.69) is 5.48 Å². The van der Waals surface area contributed by atoms with Gasteiger partial charge in [0.15, 0.2) is 5.75 Å². The summed E-state index contributed by atoms with van der Waals surface area (Å²) in [6.45, 7) is 0. The van der Waals surface area contributed by atoms with Crippen molar-refractivity contribution >= 4 is 30.0 Å². The van der Waals surface area contributed by atoms with Crippen molar-refractivity contribution in [2.24, 2.45) is 0 Å². The minimum absolute atomic E-state index is 0. The molecule has 0 aromatic heterocycles. The molecule has 0 aliphatic carbocycles. The van der Waals surface area contributed by atoms with Gasteiger partial charge in [-0.2, -0.15) is 0 Å². The van der Waals surface area contributed by atoms with Crippen molar-refractivity contribution in [2.45, 2.75) is 0 Å². The quantitative estimate of drug-likeness (QED) is 0.700. The van der Waals surface area contributed by atoms with Crippen LogP contribution < -0.4 is 10.3 Å². The molecule has 0 saturated heterocycles. The summed E-state index contributed by atoms with van der Waals surface area (Å²) in [5.41, 5.74) is 3.77. The van der Waals surface area contributed by atoms with Crippen molar-refractivity contribution < 1.29 is 4.84 Å². The molecular weight excluding hydrogens is 245 g/mol. The van der Waals surface area contributed by atoms with Gasteiger partial charge in [0.25, 0.3) is 0 Å². The van der Waals surface area contributed by atoms with Crippen LogP contribution in [0.4, 0.5) is 0 Å². The molecule has 3 heteroatoms. The molecule has 1 aliphatic heterocycles. The number of para-hydroxylation sites is 1. The topological polar surface area (TPSA) is 21.3 Å². The molecular formula is C8H7NOSn. The molecule has 2 rings (SSSR count). The first-order valence-electron chi connectivity index (χ1n) is 3.15. The summed E-state index contributed by atoms with van der Waals surface area (Å²) >= 11 is 0. The first-order valence-corrected chi connectivity index (χ1v) is 3.15. The summed E-state index contributed by atoms with van der Waals surface area (Å²) in [7, 11) is 0. The molecule has 0 fully saturated rings. The molecule has 1 aromatic carbocycles. The van der Waals surface area contributed by atoms with E-state index >= 15 is 0 Å². The first kappa shape index (κ1) is 8.46. The third-order valence-corrected chi connectivity index (χ3v) is 1.42. The van der Waals surface area contributed by atoms with Gasteiger partial charge in [-0.1, -0.05) is 18.2 Å². The molecule has 1 heterocycles. The molecule has 0 spiro atoms. The van der Waals surface area contributed by atoms with Crippen molar-refractivity contribution in [1.82, 2.24) is 5.48 Å². The van der Waals surface area contributed by atoms with Crippen molar-refractivity contribution in [3.05, 3.63) is 36.0 Å². The number of benzene rings is 1. The molecule has 0 atom stereocenters. The van der Waals surface area contributed by atoms with E-state index in [1.54, 1.807) is 6.20 Å². The zero-order valence-corrected chi connectivity index (χ0v) is 8.73. The standard InChI is InChI=1S/C8H7NO.Sn/c1-2-4-8-7(3-1)5-6-9-10-8;/h1-6,9H;. The fraction of sp³-hybridized carbons (Fsp3) is 0. The van der Waals surface area contributed by atoms with E-state index in [0.29, 0.717) is 0 Å². The van der Waals surface area contributed by atoms with Gasteiger partial charge in [-0.15, -0.1) is 0 Å². The summed E-state index contributed by atoms with van der Waals surface area (Å²) in [6.07, 6.45) is 3.74. The molecule has 2 nitrogen and oxygen atoms in total. The van der Waals surface area contributed by atoms with Gasteiger partial charge in [-0.3, -0.25) is 0 Å². The second kappa shape index (κ2) is 3.66. The van der Waals surface area contributed by atoms with Gasteiger partial charge in [0.1, 0.15) is 0 Å². The van der Waals surface area contributed by atoms with Crippen molar-refractivity contribution in [1.29, 1.82) is 0 Å². The zero-order valence-electron chi connectivity index (χ0n) is 5.87. The predicted molar refractivity (Wildman–Crippen MR) is 45.0 cm³/mol. The molecule has 0 unspecified atom stereocenters. The van der Waals surface area contributed by atoms with Gasteiger partial charge in [-0.25, -0.2) is 5.48 Å². The maximum Gasteiger partial charge on any atom is 0.162 e. The molecule has 4 radical (unpaired) electrons. The Morgan fingerprint density at radius 2 is 2.00 bits per heavy atom. The van der Waals surface area contributed by atoms with Crippen LogP contribution >= 0.6 is 0 Å². The van der Waals surface area contributed by atoms with Crippen LogP contribution in [0, 0.1) is 0 Å². The Balaban J connectivity index is 0.000000605. The number of hydrogen-bond donors (Lipinski definition) is 1. The minimum Gasteiger partial charge on any atom is -0.382 e. The summed E-state index contributed by atoms with van der Waals surface area (Å²) in [4.78, 5) is 5.09. The van der Waals surface area contributed by atoms with Crippen LogP contribution in [0.1, 0.15) is 5.56 Å². The largest absolute Gasteiger partial charge is 0.382 e. The van der Waals surface area contributed by atoms with Crippen molar-refractivity contribution in [3.63, 3.8) is 0 Å². The molecule has 1 aromatic rings. The van der Waals surface area contributed by atoms with E-state index in [-0.39, 0.29) is 23.9 Å². The summed E-state index contributed by atoms with van der Waals surface area (Å²) in [5, 5.41) is 0. The van der Waals surface area contributed by atoms with Crippen molar-refractivity contribution in [3.8, 4) is 5.75 Å². The number of rotatable bonds is 0. The second-order valence-corrected chi connectivity index (χ2v) is 2.09. The average Bonchev–Trinajstić information content (AvgIpc) is 2.05. The Morgan fingerprint density at radius 1 is 1.18 bits per heavy atom. The van der Waals surface area contributed by atoms with E-state index in [9.17, 15) is 0 Å². The fourth-order valence-electron chi connectivity index (χ4n) is 0.932. The number of fused-ring (bicyclic) bond motifs is 1. The molecule has 0 bridgehead atoms. The molecule has 1 aliphatic rings. The Morgan fingerprint density at radius 3 is 2.82 bits per heavy atom. The molecule has 1 N–H and O–H groups in total. The van der Waals surface area contributed by atoms with E-state index < -0.39 is 0 Å². The van der Waals surface area contributed by atoms with Crippen LogP contribution in [0.25, 0.3) is 6.08 Å². The first-order chi connectivity index (χ1) is 4.97. The van der Waals surface area contributed by atoms with Crippen LogP contribution in [0.5, 0.6) is 5.75 Å². The third-order valence-electron chi connectivity index (χ3n) is 1.42. The van der Waals surface area contributed by atoms with Gasteiger partial charge in [0, 0.05) is 35.7 Å². The Bertz CT molecular complexity index is 273. The Hall–Kier alpha value is -0.641. The van der Waals surface area contributed by atoms with Gasteiger partial charge >= 0.3 is 0 Å². The Labute approximate surface area is 82.2 Å². The number of nitrogens with one attached hydrogen (secondary N) is 1. The fourth-order valence-corrected chi connectivity index (χ4v) is 0.932. The van der Waals surface area contributed by atoms with Crippen LogP contribution in [-0.4, -0.2) is 23.9 Å². The summed E-state index contributed by atoms with van der Waals surface area (Å²) < 4.78 is 0. The SMILES string of the molecule is C1=Cc2ccccc2ON1.[Sn]. The monoisotopic (exact) mass is 253 g/mol. The van der Waals surface area contributed by atoms with Crippen LogP contribution in [0.3, 0.4) is 0 Å². The minimum atomic E-state index is 0. The number of hydroxylamine groups is 1. The molecule has 11 heavy (non-hydrogen) atoms. The van der Waals surface area contributed by atoms with Crippen LogP contribution in [0.2, 0.25) is 0 Å². The smallest absolute Gasteiger partial charge is 0.162 e. The molecule has 0 saturated carbocycles. The zero-order chi connectivity index (χ0) is 6.81. The van der Waals surface area contributed by atoms with Crippen molar-refractivity contribution in [2.75, 3.05) is 0 Å². The van der Waals surface area contributed by atoms with Crippen LogP contribution in [-0.2, 0) is 0 Å². The molecule has 54 valence electrons. The van der Waals surface area contributed by atoms with E-state index in [1.165, 1.54) is 0 Å². The van der Waals surface area contributed by atoms with Crippen LogP contribution in [0.15, 0.2) is 30.5 Å². The normalized spacial score (nSPS) is 12.0. The predicted octanol–water partition coefficient (Wildman–Crippen LogP) is 1.17. The third kappa shape index (κ3) is 1.68. The number of hydrogen-bond acceptors (Lipinski definition) is 2. The van der Waals surface area contributed by atoms with E-state index in [0.717, 1.165) is 11.3 Å². The van der Waals surface area contributed by atoms with Gasteiger partial charge in [-0.05, 0) is 12.1 Å². The van der Waals surface area contributed by atoms with Gasteiger partial charge < -0.3 is 4.84 Å². The second-order valence-electron chi connectivity index (χ2n) is 2.09. The summed E-state index contributed by atoms with van der Waals surface area (Å²) in [6, 6.07) is 7.86.